The van der Waals surface area contributed by atoms with E-state index in [0.717, 1.165) is 11.3 Å². The average molecular weight is 358 g/mol. The van der Waals surface area contributed by atoms with Crippen molar-refractivity contribution in [3.05, 3.63) is 58.6 Å². The van der Waals surface area contributed by atoms with Crippen LogP contribution in [0.4, 0.5) is 5.69 Å². The predicted molar refractivity (Wildman–Crippen MR) is 98.7 cm³/mol. The SMILES string of the molecule is CCOc1ccc(CN(C)CC(=O)Nc2cc(Cl)ccc2C#N)cc1. The zero-order chi connectivity index (χ0) is 18.2. The number of anilines is 1. The van der Waals surface area contributed by atoms with Crippen LogP contribution >= 0.6 is 11.6 Å². The number of carbonyl (C=O) groups excluding carboxylic acids is 1. The van der Waals surface area contributed by atoms with Crippen molar-refractivity contribution in [1.29, 1.82) is 5.26 Å². The van der Waals surface area contributed by atoms with Gasteiger partial charge in [0.05, 0.1) is 24.4 Å². The number of hydrogen-bond acceptors (Lipinski definition) is 4. The fraction of sp³-hybridized carbons (Fsp3) is 0.263. The van der Waals surface area contributed by atoms with Crippen molar-refractivity contribution in [2.45, 2.75) is 13.5 Å². The topological polar surface area (TPSA) is 65.4 Å². The highest BCUT2D eigenvalue weighted by molar-refractivity contribution is 6.31. The maximum absolute atomic E-state index is 12.2. The van der Waals surface area contributed by atoms with Gasteiger partial charge in [0.25, 0.3) is 0 Å². The molecule has 1 N–H and O–H groups in total. The van der Waals surface area contributed by atoms with Gasteiger partial charge < -0.3 is 10.1 Å². The first-order valence-corrected chi connectivity index (χ1v) is 8.29. The Bertz CT molecular complexity index is 769. The summed E-state index contributed by atoms with van der Waals surface area (Å²) in [5.41, 5.74) is 1.89. The van der Waals surface area contributed by atoms with Crippen LogP contribution in [0.25, 0.3) is 0 Å². The molecule has 0 saturated heterocycles. The minimum Gasteiger partial charge on any atom is -0.494 e. The molecule has 6 heteroatoms. The lowest BCUT2D eigenvalue weighted by Crippen LogP contribution is -2.30. The number of likely N-dealkylation sites (N-methyl/N-ethyl adjacent to an activating group) is 1. The van der Waals surface area contributed by atoms with Crippen LogP contribution in [0.3, 0.4) is 0 Å². The van der Waals surface area contributed by atoms with E-state index in [2.05, 4.69) is 5.32 Å². The van der Waals surface area contributed by atoms with Gasteiger partial charge in [-0.3, -0.25) is 9.69 Å². The number of hydrogen-bond donors (Lipinski definition) is 1. The lowest BCUT2D eigenvalue weighted by Gasteiger charge is -2.17. The minimum absolute atomic E-state index is 0.199. The smallest absolute Gasteiger partial charge is 0.238 e. The second-order valence-electron chi connectivity index (χ2n) is 5.60. The maximum Gasteiger partial charge on any atom is 0.238 e. The molecule has 0 spiro atoms. The number of benzene rings is 2. The number of ether oxygens (including phenoxy) is 1. The van der Waals surface area contributed by atoms with Crippen LogP contribution in [0.1, 0.15) is 18.1 Å². The van der Waals surface area contributed by atoms with Gasteiger partial charge in [0, 0.05) is 11.6 Å². The van der Waals surface area contributed by atoms with E-state index < -0.39 is 0 Å². The summed E-state index contributed by atoms with van der Waals surface area (Å²) in [6.07, 6.45) is 0. The molecule has 0 heterocycles. The lowest BCUT2D eigenvalue weighted by molar-refractivity contribution is -0.117. The Hall–Kier alpha value is -2.55. The minimum atomic E-state index is -0.202. The first kappa shape index (κ1) is 18.8. The van der Waals surface area contributed by atoms with Crippen molar-refractivity contribution < 1.29 is 9.53 Å². The van der Waals surface area contributed by atoms with Gasteiger partial charge in [0.1, 0.15) is 11.8 Å². The predicted octanol–water partition coefficient (Wildman–Crippen LogP) is 3.68. The second kappa shape index (κ2) is 9.07. The fourth-order valence-electron chi connectivity index (χ4n) is 2.38. The van der Waals surface area contributed by atoms with E-state index in [1.165, 1.54) is 0 Å². The molecule has 5 nitrogen and oxygen atoms in total. The number of rotatable bonds is 7. The third kappa shape index (κ3) is 5.79. The molecule has 0 radical (unpaired) electrons. The number of nitrogens with one attached hydrogen (secondary N) is 1. The number of halogens is 1. The molecule has 0 bridgehead atoms. The number of amides is 1. The van der Waals surface area contributed by atoms with Gasteiger partial charge in [-0.1, -0.05) is 23.7 Å². The van der Waals surface area contributed by atoms with Crippen molar-refractivity contribution in [1.82, 2.24) is 4.90 Å². The van der Waals surface area contributed by atoms with E-state index in [1.54, 1.807) is 18.2 Å². The van der Waals surface area contributed by atoms with Crippen LogP contribution in [-0.2, 0) is 11.3 Å². The summed E-state index contributed by atoms with van der Waals surface area (Å²) >= 11 is 5.92. The Kier molecular flexibility index (Phi) is 6.81. The first-order chi connectivity index (χ1) is 12.0. The zero-order valence-electron chi connectivity index (χ0n) is 14.3. The molecule has 1 amide bonds. The fourth-order valence-corrected chi connectivity index (χ4v) is 2.55. The van der Waals surface area contributed by atoms with Crippen LogP contribution in [-0.4, -0.2) is 31.0 Å². The van der Waals surface area contributed by atoms with Crippen LogP contribution in [0.5, 0.6) is 5.75 Å². The third-order valence-corrected chi connectivity index (χ3v) is 3.71. The molecule has 130 valence electrons. The van der Waals surface area contributed by atoms with E-state index >= 15 is 0 Å². The summed E-state index contributed by atoms with van der Waals surface area (Å²) in [5.74, 6) is 0.629. The van der Waals surface area contributed by atoms with Crippen LogP contribution < -0.4 is 10.1 Å². The van der Waals surface area contributed by atoms with Crippen molar-refractivity contribution in [3.8, 4) is 11.8 Å². The first-order valence-electron chi connectivity index (χ1n) is 7.91. The second-order valence-corrected chi connectivity index (χ2v) is 6.04. The molecule has 2 aromatic carbocycles. The van der Waals surface area contributed by atoms with Crippen LogP contribution in [0.15, 0.2) is 42.5 Å². The molecule has 0 aliphatic rings. The Morgan fingerprint density at radius 1 is 1.28 bits per heavy atom. The van der Waals surface area contributed by atoms with Crippen molar-refractivity contribution in [3.63, 3.8) is 0 Å². The quantitative estimate of drug-likeness (QED) is 0.820. The van der Waals surface area contributed by atoms with Gasteiger partial charge in [-0.25, -0.2) is 0 Å². The Morgan fingerprint density at radius 3 is 2.64 bits per heavy atom. The molecule has 2 aromatic rings. The monoisotopic (exact) mass is 357 g/mol. The normalized spacial score (nSPS) is 10.4. The molecular weight excluding hydrogens is 338 g/mol. The summed E-state index contributed by atoms with van der Waals surface area (Å²) in [4.78, 5) is 14.1. The molecule has 0 aliphatic carbocycles. The van der Waals surface area contributed by atoms with Crippen molar-refractivity contribution in [2.75, 3.05) is 25.5 Å². The molecule has 0 aliphatic heterocycles. The molecule has 2 rings (SSSR count). The Labute approximate surface area is 152 Å². The summed E-state index contributed by atoms with van der Waals surface area (Å²) < 4.78 is 5.41. The zero-order valence-corrected chi connectivity index (χ0v) is 15.0. The van der Waals surface area contributed by atoms with E-state index in [9.17, 15) is 4.79 Å². The van der Waals surface area contributed by atoms with Gasteiger partial charge in [-0.05, 0) is 49.9 Å². The van der Waals surface area contributed by atoms with Gasteiger partial charge in [-0.2, -0.15) is 5.26 Å². The van der Waals surface area contributed by atoms with Gasteiger partial charge >= 0.3 is 0 Å². The molecular formula is C19H20ClN3O2. The third-order valence-electron chi connectivity index (χ3n) is 3.48. The summed E-state index contributed by atoms with van der Waals surface area (Å²) in [6.45, 7) is 3.40. The molecule has 0 atom stereocenters. The van der Waals surface area contributed by atoms with E-state index in [-0.39, 0.29) is 12.5 Å². The molecule has 0 saturated carbocycles. The van der Waals surface area contributed by atoms with Crippen LogP contribution in [0.2, 0.25) is 5.02 Å². The van der Waals surface area contributed by atoms with E-state index in [0.29, 0.717) is 29.4 Å². The summed E-state index contributed by atoms with van der Waals surface area (Å²) in [6, 6.07) is 14.6. The average Bonchev–Trinajstić information content (AvgIpc) is 2.57. The van der Waals surface area contributed by atoms with E-state index in [1.807, 2.05) is 49.2 Å². The number of nitriles is 1. The number of nitrogens with zero attached hydrogens (tertiary/aromatic N) is 2. The van der Waals surface area contributed by atoms with Gasteiger partial charge in [0.15, 0.2) is 0 Å². The van der Waals surface area contributed by atoms with Gasteiger partial charge in [0.2, 0.25) is 5.91 Å². The molecule has 0 fully saturated rings. The Morgan fingerprint density at radius 2 is 2.00 bits per heavy atom. The summed E-state index contributed by atoms with van der Waals surface area (Å²) in [7, 11) is 1.86. The van der Waals surface area contributed by atoms with Crippen molar-refractivity contribution in [2.24, 2.45) is 0 Å². The van der Waals surface area contributed by atoms with Crippen molar-refractivity contribution >= 4 is 23.2 Å². The molecule has 0 unspecified atom stereocenters. The standard InChI is InChI=1S/C19H20ClN3O2/c1-3-25-17-8-4-14(5-9-17)12-23(2)13-19(24)22-18-10-16(20)7-6-15(18)11-21/h4-10H,3,12-13H2,1-2H3,(H,22,24). The molecule has 25 heavy (non-hydrogen) atoms. The van der Waals surface area contributed by atoms with Gasteiger partial charge in [-0.15, -0.1) is 0 Å². The highest BCUT2D eigenvalue weighted by Gasteiger charge is 2.11. The number of carbonyl (C=O) groups is 1. The Balaban J connectivity index is 1.92. The highest BCUT2D eigenvalue weighted by Crippen LogP contribution is 2.20. The van der Waals surface area contributed by atoms with Crippen LogP contribution in [0, 0.1) is 11.3 Å². The largest absolute Gasteiger partial charge is 0.494 e. The molecule has 0 aromatic heterocycles. The maximum atomic E-state index is 12.2. The highest BCUT2D eigenvalue weighted by atomic mass is 35.5. The van der Waals surface area contributed by atoms with E-state index in [4.69, 9.17) is 21.6 Å². The lowest BCUT2D eigenvalue weighted by atomic mass is 10.2. The summed E-state index contributed by atoms with van der Waals surface area (Å²) in [5, 5.41) is 12.3.